The van der Waals surface area contributed by atoms with Crippen LogP contribution in [-0.2, 0) is 4.74 Å². The third-order valence-corrected chi connectivity index (χ3v) is 3.96. The van der Waals surface area contributed by atoms with Gasteiger partial charge in [0, 0.05) is 24.2 Å². The molecule has 0 saturated carbocycles. The first-order valence-electron chi connectivity index (χ1n) is 7.10. The highest BCUT2D eigenvalue weighted by molar-refractivity contribution is 6.35. The minimum atomic E-state index is 0.258. The van der Waals surface area contributed by atoms with Gasteiger partial charge in [-0.1, -0.05) is 23.2 Å². The Bertz CT molecular complexity index is 647. The van der Waals surface area contributed by atoms with Gasteiger partial charge in [-0.15, -0.1) is 0 Å². The van der Waals surface area contributed by atoms with Gasteiger partial charge in [-0.2, -0.15) is 0 Å². The van der Waals surface area contributed by atoms with E-state index in [-0.39, 0.29) is 6.10 Å². The molecule has 7 heteroatoms. The van der Waals surface area contributed by atoms with Crippen LogP contribution in [0.15, 0.2) is 30.6 Å². The highest BCUT2D eigenvalue weighted by atomic mass is 35.5. The van der Waals surface area contributed by atoms with Crippen molar-refractivity contribution in [2.75, 3.05) is 23.8 Å². The minimum absolute atomic E-state index is 0.258. The number of aromatic nitrogens is 2. The molecule has 2 N–H and O–H groups in total. The van der Waals surface area contributed by atoms with E-state index >= 15 is 0 Å². The number of hydrogen-bond acceptors (Lipinski definition) is 5. The fraction of sp³-hybridized carbons (Fsp3) is 0.333. The fourth-order valence-electron chi connectivity index (χ4n) is 2.28. The predicted octanol–water partition coefficient (Wildman–Crippen LogP) is 4.12. The van der Waals surface area contributed by atoms with Crippen LogP contribution in [0.3, 0.4) is 0 Å². The smallest absolute Gasteiger partial charge is 0.135 e. The van der Waals surface area contributed by atoms with Gasteiger partial charge in [0.25, 0.3) is 0 Å². The molecule has 1 fully saturated rings. The number of benzene rings is 1. The second-order valence-electron chi connectivity index (χ2n) is 5.05. The lowest BCUT2D eigenvalue weighted by Crippen LogP contribution is -2.19. The van der Waals surface area contributed by atoms with Crippen molar-refractivity contribution in [2.45, 2.75) is 18.9 Å². The summed E-state index contributed by atoms with van der Waals surface area (Å²) in [6, 6.07) is 7.06. The summed E-state index contributed by atoms with van der Waals surface area (Å²) in [5.74, 6) is 1.39. The zero-order chi connectivity index (χ0) is 15.4. The van der Waals surface area contributed by atoms with Gasteiger partial charge in [-0.3, -0.25) is 0 Å². The number of hydrogen-bond donors (Lipinski definition) is 2. The van der Waals surface area contributed by atoms with Crippen molar-refractivity contribution in [2.24, 2.45) is 0 Å². The quantitative estimate of drug-likeness (QED) is 0.858. The third-order valence-electron chi connectivity index (χ3n) is 3.39. The first-order valence-corrected chi connectivity index (χ1v) is 7.86. The number of rotatable bonds is 5. The molecule has 0 radical (unpaired) electrons. The molecule has 0 bridgehead atoms. The molecule has 1 unspecified atom stereocenters. The van der Waals surface area contributed by atoms with E-state index in [1.54, 1.807) is 18.2 Å². The molecule has 1 aromatic carbocycles. The molecule has 1 aliphatic heterocycles. The maximum absolute atomic E-state index is 6.14. The van der Waals surface area contributed by atoms with Gasteiger partial charge >= 0.3 is 0 Å². The number of ether oxygens (including phenoxy) is 1. The van der Waals surface area contributed by atoms with Crippen LogP contribution in [0.25, 0.3) is 0 Å². The van der Waals surface area contributed by atoms with Crippen LogP contribution >= 0.6 is 23.2 Å². The molecule has 0 amide bonds. The normalized spacial score (nSPS) is 17.5. The summed E-state index contributed by atoms with van der Waals surface area (Å²) in [7, 11) is 0. The van der Waals surface area contributed by atoms with E-state index < -0.39 is 0 Å². The van der Waals surface area contributed by atoms with Gasteiger partial charge in [0.1, 0.15) is 18.0 Å². The second kappa shape index (κ2) is 7.13. The molecule has 1 saturated heterocycles. The van der Waals surface area contributed by atoms with Gasteiger partial charge < -0.3 is 15.4 Å². The van der Waals surface area contributed by atoms with Crippen LogP contribution in [0.2, 0.25) is 10.0 Å². The lowest BCUT2D eigenvalue weighted by atomic mass is 10.2. The van der Waals surface area contributed by atoms with Crippen LogP contribution in [0.1, 0.15) is 12.8 Å². The summed E-state index contributed by atoms with van der Waals surface area (Å²) in [4.78, 5) is 8.40. The summed E-state index contributed by atoms with van der Waals surface area (Å²) < 4.78 is 5.58. The predicted molar refractivity (Wildman–Crippen MR) is 89.2 cm³/mol. The fourth-order valence-corrected chi connectivity index (χ4v) is 2.61. The Labute approximate surface area is 139 Å². The molecule has 2 aromatic rings. The highest BCUT2D eigenvalue weighted by Gasteiger charge is 2.15. The molecule has 116 valence electrons. The van der Waals surface area contributed by atoms with Crippen LogP contribution in [0, 0.1) is 0 Å². The summed E-state index contributed by atoms with van der Waals surface area (Å²) in [6.07, 6.45) is 3.96. The molecule has 1 aromatic heterocycles. The summed E-state index contributed by atoms with van der Waals surface area (Å²) in [5, 5.41) is 7.60. The van der Waals surface area contributed by atoms with E-state index in [9.17, 15) is 0 Å². The van der Waals surface area contributed by atoms with Gasteiger partial charge in [-0.05, 0) is 31.0 Å². The van der Waals surface area contributed by atoms with E-state index in [0.29, 0.717) is 21.6 Å². The van der Waals surface area contributed by atoms with E-state index in [2.05, 4.69) is 20.6 Å². The Kier molecular flexibility index (Phi) is 4.97. The molecule has 5 nitrogen and oxygen atoms in total. The molecule has 1 aliphatic rings. The van der Waals surface area contributed by atoms with Crippen LogP contribution in [-0.4, -0.2) is 29.2 Å². The first-order chi connectivity index (χ1) is 10.7. The van der Waals surface area contributed by atoms with Crippen molar-refractivity contribution < 1.29 is 4.74 Å². The van der Waals surface area contributed by atoms with Crippen molar-refractivity contribution in [3.63, 3.8) is 0 Å². The van der Waals surface area contributed by atoms with Gasteiger partial charge in [-0.25, -0.2) is 9.97 Å². The van der Waals surface area contributed by atoms with Crippen LogP contribution in [0.5, 0.6) is 0 Å². The zero-order valence-corrected chi connectivity index (χ0v) is 13.4. The van der Waals surface area contributed by atoms with Crippen LogP contribution < -0.4 is 10.6 Å². The summed E-state index contributed by atoms with van der Waals surface area (Å²) in [5.41, 5.74) is 0.706. The average molecular weight is 339 g/mol. The van der Waals surface area contributed by atoms with Gasteiger partial charge in [0.2, 0.25) is 0 Å². The average Bonchev–Trinajstić information content (AvgIpc) is 3.03. The van der Waals surface area contributed by atoms with Crippen molar-refractivity contribution in [1.29, 1.82) is 0 Å². The lowest BCUT2D eigenvalue weighted by Gasteiger charge is -2.12. The van der Waals surface area contributed by atoms with Crippen molar-refractivity contribution in [1.82, 2.24) is 9.97 Å². The van der Waals surface area contributed by atoms with Gasteiger partial charge in [0.05, 0.1) is 16.8 Å². The molecule has 2 heterocycles. The van der Waals surface area contributed by atoms with E-state index in [4.69, 9.17) is 27.9 Å². The molecule has 3 rings (SSSR count). The second-order valence-corrected chi connectivity index (χ2v) is 5.90. The first kappa shape index (κ1) is 15.3. The Morgan fingerprint density at radius 1 is 1.18 bits per heavy atom. The number of nitrogens with zero attached hydrogens (tertiary/aromatic N) is 2. The molecule has 0 spiro atoms. The Morgan fingerprint density at radius 2 is 2.05 bits per heavy atom. The summed E-state index contributed by atoms with van der Waals surface area (Å²) >= 11 is 12.1. The standard InChI is InChI=1S/C15H16Cl2N4O/c16-10-3-4-12(17)13(6-10)21-15-7-14(19-9-20-15)18-8-11-2-1-5-22-11/h3-4,6-7,9,11H,1-2,5,8H2,(H2,18,19,20,21). The van der Waals surface area contributed by atoms with Gasteiger partial charge in [0.15, 0.2) is 0 Å². The Hall–Kier alpha value is -1.56. The highest BCUT2D eigenvalue weighted by Crippen LogP contribution is 2.28. The molecular weight excluding hydrogens is 323 g/mol. The van der Waals surface area contributed by atoms with Crippen molar-refractivity contribution in [3.8, 4) is 0 Å². The lowest BCUT2D eigenvalue weighted by molar-refractivity contribution is 0.120. The Morgan fingerprint density at radius 3 is 2.86 bits per heavy atom. The zero-order valence-electron chi connectivity index (χ0n) is 11.9. The molecule has 0 aliphatic carbocycles. The largest absolute Gasteiger partial charge is 0.376 e. The number of nitrogens with one attached hydrogen (secondary N) is 2. The molecule has 22 heavy (non-hydrogen) atoms. The van der Waals surface area contributed by atoms with Crippen molar-refractivity contribution >= 4 is 40.5 Å². The maximum Gasteiger partial charge on any atom is 0.135 e. The minimum Gasteiger partial charge on any atom is -0.376 e. The molecule has 1 atom stereocenters. The monoisotopic (exact) mass is 338 g/mol. The SMILES string of the molecule is Clc1ccc(Cl)c(Nc2cc(NCC3CCCO3)ncn2)c1. The van der Waals surface area contributed by atoms with E-state index in [1.165, 1.54) is 6.33 Å². The van der Waals surface area contributed by atoms with Crippen molar-refractivity contribution in [3.05, 3.63) is 40.6 Å². The molecular formula is C15H16Cl2N4O. The number of anilines is 3. The third kappa shape index (κ3) is 4.00. The topological polar surface area (TPSA) is 59.1 Å². The number of halogens is 2. The summed E-state index contributed by atoms with van der Waals surface area (Å²) in [6.45, 7) is 1.59. The maximum atomic E-state index is 6.14. The Balaban J connectivity index is 1.66. The van der Waals surface area contributed by atoms with Crippen LogP contribution in [0.4, 0.5) is 17.3 Å². The van der Waals surface area contributed by atoms with E-state index in [0.717, 1.165) is 31.8 Å². The van der Waals surface area contributed by atoms with E-state index in [1.807, 2.05) is 6.07 Å².